The Hall–Kier alpha value is -2.68. The molecule has 1 saturated heterocycles. The molecule has 0 bridgehead atoms. The average Bonchev–Trinajstić information content (AvgIpc) is 3.52. The van der Waals surface area contributed by atoms with Gasteiger partial charge in [-0.3, -0.25) is 9.59 Å². The predicted octanol–water partition coefficient (Wildman–Crippen LogP) is 4.40. The Kier molecular flexibility index (Phi) is 8.72. The number of benzene rings is 2. The second-order valence-corrected chi connectivity index (χ2v) is 10.3. The van der Waals surface area contributed by atoms with Crippen molar-refractivity contribution in [1.29, 1.82) is 0 Å². The topological polar surface area (TPSA) is 80.4 Å². The number of nitrogens with one attached hydrogen (secondary N) is 1. The van der Waals surface area contributed by atoms with Gasteiger partial charge in [-0.1, -0.05) is 42.5 Å². The Morgan fingerprint density at radius 1 is 1.11 bits per heavy atom. The van der Waals surface area contributed by atoms with Crippen LogP contribution in [0.5, 0.6) is 0 Å². The smallest absolute Gasteiger partial charge is 0.247 e. The molecule has 1 aliphatic heterocycles. The van der Waals surface area contributed by atoms with Crippen molar-refractivity contribution < 1.29 is 30.8 Å². The van der Waals surface area contributed by atoms with Gasteiger partial charge >= 0.3 is 0 Å². The summed E-state index contributed by atoms with van der Waals surface area (Å²) in [6.07, 6.45) is 6.77. The molecule has 2 aliphatic rings. The molecule has 3 N–H and O–H groups in total. The van der Waals surface area contributed by atoms with Crippen LogP contribution in [0.1, 0.15) is 43.6 Å². The van der Waals surface area contributed by atoms with Crippen LogP contribution in [0.25, 0.3) is 10.9 Å². The third-order valence-electron chi connectivity index (χ3n) is 8.15. The molecule has 1 saturated carbocycles. The number of hydrogen-bond acceptors (Lipinski definition) is 3. The molecule has 37 heavy (non-hydrogen) atoms. The molecule has 2 amide bonds. The first-order valence-corrected chi connectivity index (χ1v) is 12.9. The van der Waals surface area contributed by atoms with Crippen LogP contribution in [0.15, 0.2) is 54.6 Å². The number of nitrogens with two attached hydrogens (primary N) is 1. The molecule has 3 aromatic rings. The van der Waals surface area contributed by atoms with E-state index in [1.54, 1.807) is 4.90 Å². The van der Waals surface area contributed by atoms with Gasteiger partial charge in [0, 0.05) is 46.9 Å². The van der Waals surface area contributed by atoms with Gasteiger partial charge < -0.3 is 20.5 Å². The SMILES string of the molecule is Cn1[c-]cc2cc(NC(=O)[C@@H]3[C@H](c4ccccc4)CCN3C(=O)C3CCC([C@H](N)CF)CC3)ccc21.[Co]. The number of hydrogen-bond donors (Lipinski definition) is 2. The molecule has 0 spiro atoms. The van der Waals surface area contributed by atoms with Crippen molar-refractivity contribution in [3.8, 4) is 0 Å². The average molecular weight is 549 g/mol. The van der Waals surface area contributed by atoms with E-state index < -0.39 is 18.8 Å². The summed E-state index contributed by atoms with van der Waals surface area (Å²) in [5.41, 5.74) is 8.73. The molecule has 2 aromatic carbocycles. The van der Waals surface area contributed by atoms with E-state index in [2.05, 4.69) is 11.5 Å². The van der Waals surface area contributed by atoms with Crippen LogP contribution in [-0.2, 0) is 33.4 Å². The standard InChI is InChI=1S/C29H34FN4O2.Co/c1-33-15-13-22-17-23(11-12-26(22)33)32-28(35)27-24(19-5-3-2-4-6-19)14-16-34(27)29(36)21-9-7-20(8-10-21)25(31)18-30;/h2-6,11-13,17,20-21,24-25,27H,7-10,14,16,18,31H2,1H3,(H,32,35);/q-1;/t20?,21?,24-,25+,27-;/m0./s1. The summed E-state index contributed by atoms with van der Waals surface area (Å²) in [5, 5.41) is 4.09. The number of aromatic nitrogens is 1. The Labute approximate surface area is 228 Å². The largest absolute Gasteiger partial charge is 0.466 e. The number of rotatable bonds is 6. The molecule has 199 valence electrons. The zero-order valence-electron chi connectivity index (χ0n) is 21.0. The predicted molar refractivity (Wildman–Crippen MR) is 139 cm³/mol. The van der Waals surface area contributed by atoms with Crippen molar-refractivity contribution in [2.24, 2.45) is 24.6 Å². The molecule has 0 unspecified atom stereocenters. The van der Waals surface area contributed by atoms with Crippen molar-refractivity contribution in [3.05, 3.63) is 66.4 Å². The molecule has 2 fully saturated rings. The minimum absolute atomic E-state index is 0. The van der Waals surface area contributed by atoms with Crippen molar-refractivity contribution in [3.63, 3.8) is 0 Å². The molecule has 3 atom stereocenters. The van der Waals surface area contributed by atoms with Crippen molar-refractivity contribution in [1.82, 2.24) is 9.47 Å². The van der Waals surface area contributed by atoms with Crippen LogP contribution in [0.2, 0.25) is 0 Å². The first-order valence-electron chi connectivity index (χ1n) is 12.9. The molecule has 1 radical (unpaired) electrons. The van der Waals surface area contributed by atoms with Gasteiger partial charge in [0.2, 0.25) is 11.8 Å². The summed E-state index contributed by atoms with van der Waals surface area (Å²) in [4.78, 5) is 29.2. The summed E-state index contributed by atoms with van der Waals surface area (Å²) < 4.78 is 15.0. The monoisotopic (exact) mass is 548 g/mol. The number of likely N-dealkylation sites (tertiary alicyclic amines) is 1. The van der Waals surface area contributed by atoms with E-state index in [0.717, 1.165) is 35.7 Å². The van der Waals surface area contributed by atoms with Crippen molar-refractivity contribution in [2.45, 2.75) is 50.1 Å². The maximum absolute atomic E-state index is 13.7. The minimum atomic E-state index is -0.580. The van der Waals surface area contributed by atoms with Crippen LogP contribution in [0.4, 0.5) is 10.1 Å². The van der Waals surface area contributed by atoms with Gasteiger partial charge in [0.1, 0.15) is 12.7 Å². The summed E-state index contributed by atoms with van der Waals surface area (Å²) in [5.74, 6) is -0.218. The molecular formula is C29H34CoFN4O2-. The van der Waals surface area contributed by atoms with E-state index in [1.807, 2.05) is 66.2 Å². The number of carbonyl (C=O) groups excluding carboxylic acids is 2. The molecule has 5 rings (SSSR count). The molecule has 1 aliphatic carbocycles. The minimum Gasteiger partial charge on any atom is -0.466 e. The Bertz CT molecular complexity index is 1230. The van der Waals surface area contributed by atoms with Crippen LogP contribution in [0, 0.1) is 18.0 Å². The Morgan fingerprint density at radius 3 is 2.54 bits per heavy atom. The fourth-order valence-electron chi connectivity index (χ4n) is 6.07. The van der Waals surface area contributed by atoms with Crippen molar-refractivity contribution in [2.75, 3.05) is 18.5 Å². The number of nitrogens with zero attached hydrogens (tertiary/aromatic N) is 2. The number of amides is 2. The van der Waals surface area contributed by atoms with Crippen LogP contribution < -0.4 is 11.1 Å². The van der Waals surface area contributed by atoms with Gasteiger partial charge in [-0.2, -0.15) is 11.5 Å². The molecule has 1 aromatic heterocycles. The van der Waals surface area contributed by atoms with Crippen LogP contribution in [0.3, 0.4) is 0 Å². The third-order valence-corrected chi connectivity index (χ3v) is 8.15. The van der Waals surface area contributed by atoms with Gasteiger partial charge in [0.25, 0.3) is 0 Å². The zero-order valence-corrected chi connectivity index (χ0v) is 22.1. The van der Waals surface area contributed by atoms with E-state index in [9.17, 15) is 14.0 Å². The van der Waals surface area contributed by atoms with E-state index in [-0.39, 0.29) is 46.3 Å². The summed E-state index contributed by atoms with van der Waals surface area (Å²) >= 11 is 0. The fourth-order valence-corrected chi connectivity index (χ4v) is 6.07. The van der Waals surface area contributed by atoms with E-state index in [0.29, 0.717) is 25.1 Å². The number of anilines is 1. The van der Waals surface area contributed by atoms with Gasteiger partial charge in [-0.15, -0.1) is 17.8 Å². The first-order chi connectivity index (χ1) is 17.5. The van der Waals surface area contributed by atoms with Crippen molar-refractivity contribution >= 4 is 28.4 Å². The normalized spacial score (nSPS) is 24.5. The third kappa shape index (κ3) is 5.61. The van der Waals surface area contributed by atoms with Gasteiger partial charge in [-0.25, -0.2) is 4.39 Å². The molecule has 6 nitrogen and oxygen atoms in total. The second-order valence-electron chi connectivity index (χ2n) is 10.3. The summed E-state index contributed by atoms with van der Waals surface area (Å²) in [7, 11) is 1.94. The van der Waals surface area contributed by atoms with Gasteiger partial charge in [0.15, 0.2) is 0 Å². The summed E-state index contributed by atoms with van der Waals surface area (Å²) in [6, 6.07) is 16.7. The van der Waals surface area contributed by atoms with E-state index >= 15 is 0 Å². The van der Waals surface area contributed by atoms with Gasteiger partial charge in [-0.05, 0) is 50.6 Å². The number of aryl methyl sites for hydroxylation is 1. The fraction of sp³-hybridized carbons (Fsp3) is 0.448. The second kappa shape index (κ2) is 11.8. The number of halogens is 1. The first kappa shape index (κ1) is 27.4. The maximum atomic E-state index is 13.7. The summed E-state index contributed by atoms with van der Waals surface area (Å²) in [6.45, 7) is 0.0241. The number of carbonyl (C=O) groups is 2. The molecule has 2 heterocycles. The number of fused-ring (bicyclic) bond motifs is 1. The van der Waals surface area contributed by atoms with E-state index in [4.69, 9.17) is 5.73 Å². The van der Waals surface area contributed by atoms with Crippen LogP contribution >= 0.6 is 0 Å². The van der Waals surface area contributed by atoms with Crippen LogP contribution in [-0.4, -0.2) is 46.6 Å². The molecule has 8 heteroatoms. The maximum Gasteiger partial charge on any atom is 0.247 e. The Morgan fingerprint density at radius 2 is 1.84 bits per heavy atom. The van der Waals surface area contributed by atoms with Gasteiger partial charge in [0.05, 0.1) is 0 Å². The quantitative estimate of drug-likeness (QED) is 0.448. The Balaban J connectivity index is 0.00000320. The zero-order chi connectivity index (χ0) is 25.2. The molecular weight excluding hydrogens is 514 g/mol. The number of alkyl halides is 1. The van der Waals surface area contributed by atoms with E-state index in [1.165, 1.54) is 0 Å².